The van der Waals surface area contributed by atoms with Gasteiger partial charge in [0.1, 0.15) is 5.82 Å². The fourth-order valence-electron chi connectivity index (χ4n) is 3.71. The summed E-state index contributed by atoms with van der Waals surface area (Å²) in [5.41, 5.74) is 3.10. The largest absolute Gasteiger partial charge is 0.361 e. The van der Waals surface area contributed by atoms with E-state index in [0.717, 1.165) is 23.1 Å². The maximum absolute atomic E-state index is 13.0. The predicted octanol–water partition coefficient (Wildman–Crippen LogP) is 3.01. The van der Waals surface area contributed by atoms with E-state index in [0.29, 0.717) is 19.6 Å². The molecule has 2 heterocycles. The van der Waals surface area contributed by atoms with Crippen LogP contribution in [0.5, 0.6) is 0 Å². The van der Waals surface area contributed by atoms with Crippen LogP contribution in [-0.4, -0.2) is 34.8 Å². The number of likely N-dealkylation sites (tertiary alicyclic amines) is 1. The highest BCUT2D eigenvalue weighted by Crippen LogP contribution is 2.21. The van der Waals surface area contributed by atoms with Crippen LogP contribution in [0.15, 0.2) is 54.7 Å². The van der Waals surface area contributed by atoms with Crippen molar-refractivity contribution in [2.24, 2.45) is 5.92 Å². The zero-order valence-electron chi connectivity index (χ0n) is 15.5. The summed E-state index contributed by atoms with van der Waals surface area (Å²) in [6.07, 6.45) is 2.93. The van der Waals surface area contributed by atoms with Crippen LogP contribution in [0.25, 0.3) is 10.9 Å². The van der Waals surface area contributed by atoms with Gasteiger partial charge < -0.3 is 15.2 Å². The lowest BCUT2D eigenvalue weighted by atomic mass is 10.1. The number of para-hydroxylation sites is 1. The lowest BCUT2D eigenvalue weighted by Gasteiger charge is -2.16. The van der Waals surface area contributed by atoms with E-state index in [1.807, 2.05) is 24.4 Å². The number of nitrogens with zero attached hydrogens (tertiary/aromatic N) is 1. The van der Waals surface area contributed by atoms with Gasteiger partial charge in [-0.2, -0.15) is 0 Å². The molecule has 1 atom stereocenters. The van der Waals surface area contributed by atoms with Gasteiger partial charge in [-0.15, -0.1) is 0 Å². The van der Waals surface area contributed by atoms with Gasteiger partial charge in [0.25, 0.3) is 0 Å². The van der Waals surface area contributed by atoms with Crippen molar-refractivity contribution in [3.63, 3.8) is 0 Å². The molecular formula is C22H22FN3O2. The van der Waals surface area contributed by atoms with Crippen molar-refractivity contribution in [2.45, 2.75) is 19.4 Å². The van der Waals surface area contributed by atoms with Crippen LogP contribution in [0.4, 0.5) is 4.39 Å². The van der Waals surface area contributed by atoms with Crippen molar-refractivity contribution in [1.29, 1.82) is 0 Å². The Morgan fingerprint density at radius 1 is 1.18 bits per heavy atom. The molecule has 1 aromatic heterocycles. The van der Waals surface area contributed by atoms with E-state index in [1.54, 1.807) is 17.0 Å². The smallest absolute Gasteiger partial charge is 0.225 e. The van der Waals surface area contributed by atoms with Crippen LogP contribution in [0.2, 0.25) is 0 Å². The summed E-state index contributed by atoms with van der Waals surface area (Å²) in [7, 11) is 0. The molecule has 0 spiro atoms. The highest BCUT2D eigenvalue weighted by molar-refractivity contribution is 5.89. The number of nitrogens with one attached hydrogen (secondary N) is 2. The molecule has 2 N–H and O–H groups in total. The summed E-state index contributed by atoms with van der Waals surface area (Å²) < 4.78 is 13.0. The van der Waals surface area contributed by atoms with Crippen molar-refractivity contribution in [2.75, 3.05) is 13.1 Å². The maximum atomic E-state index is 13.0. The Morgan fingerprint density at radius 2 is 1.96 bits per heavy atom. The summed E-state index contributed by atoms with van der Waals surface area (Å²) in [6, 6.07) is 14.2. The standard InChI is InChI=1S/C22H22FN3O2/c23-18-7-5-15(6-8-18)13-26-14-17(11-21(26)27)22(28)24-10-9-16-12-25-20-4-2-1-3-19(16)20/h1-8,12,17,25H,9-11,13-14H2,(H,24,28). The molecule has 5 nitrogen and oxygen atoms in total. The molecule has 0 aliphatic carbocycles. The molecule has 4 rings (SSSR count). The van der Waals surface area contributed by atoms with Gasteiger partial charge in [-0.3, -0.25) is 9.59 Å². The first kappa shape index (κ1) is 18.2. The molecule has 0 bridgehead atoms. The van der Waals surface area contributed by atoms with Gasteiger partial charge in [-0.1, -0.05) is 30.3 Å². The Labute approximate surface area is 162 Å². The average Bonchev–Trinajstić information content (AvgIpc) is 3.28. The van der Waals surface area contributed by atoms with Gasteiger partial charge in [-0.25, -0.2) is 4.39 Å². The predicted molar refractivity (Wildman–Crippen MR) is 105 cm³/mol. The topological polar surface area (TPSA) is 65.2 Å². The van der Waals surface area contributed by atoms with Crippen LogP contribution in [0.3, 0.4) is 0 Å². The van der Waals surface area contributed by atoms with Crippen molar-refractivity contribution in [1.82, 2.24) is 15.2 Å². The SMILES string of the molecule is O=C(NCCc1c[nH]c2ccccc12)C1CC(=O)N(Cc2ccc(F)cc2)C1. The minimum absolute atomic E-state index is 0.0406. The number of carbonyl (C=O) groups is 2. The molecule has 0 radical (unpaired) electrons. The van der Waals surface area contributed by atoms with Crippen LogP contribution in [0.1, 0.15) is 17.5 Å². The van der Waals surface area contributed by atoms with Crippen LogP contribution in [-0.2, 0) is 22.6 Å². The minimum Gasteiger partial charge on any atom is -0.361 e. The number of H-pyrrole nitrogens is 1. The summed E-state index contributed by atoms with van der Waals surface area (Å²) in [5, 5.41) is 4.12. The first-order chi connectivity index (χ1) is 13.6. The maximum Gasteiger partial charge on any atom is 0.225 e. The zero-order chi connectivity index (χ0) is 19.5. The molecule has 1 unspecified atom stereocenters. The van der Waals surface area contributed by atoms with Crippen molar-refractivity contribution < 1.29 is 14.0 Å². The van der Waals surface area contributed by atoms with E-state index in [-0.39, 0.29) is 30.0 Å². The molecule has 6 heteroatoms. The third-order valence-electron chi connectivity index (χ3n) is 5.24. The van der Waals surface area contributed by atoms with E-state index < -0.39 is 0 Å². The fourth-order valence-corrected chi connectivity index (χ4v) is 3.71. The van der Waals surface area contributed by atoms with Crippen molar-refractivity contribution in [3.05, 3.63) is 71.7 Å². The average molecular weight is 379 g/mol. The first-order valence-corrected chi connectivity index (χ1v) is 9.45. The van der Waals surface area contributed by atoms with E-state index in [4.69, 9.17) is 0 Å². The van der Waals surface area contributed by atoms with Crippen LogP contribution >= 0.6 is 0 Å². The third-order valence-corrected chi connectivity index (χ3v) is 5.24. The number of hydrogen-bond acceptors (Lipinski definition) is 2. The monoisotopic (exact) mass is 379 g/mol. The number of amides is 2. The summed E-state index contributed by atoms with van der Waals surface area (Å²) >= 11 is 0. The van der Waals surface area contributed by atoms with E-state index >= 15 is 0 Å². The molecular weight excluding hydrogens is 357 g/mol. The Kier molecular flexibility index (Phi) is 5.10. The Bertz CT molecular complexity index is 996. The lowest BCUT2D eigenvalue weighted by molar-refractivity contribution is -0.129. The molecule has 0 saturated carbocycles. The Hall–Kier alpha value is -3.15. The Balaban J connectivity index is 1.29. The van der Waals surface area contributed by atoms with Crippen molar-refractivity contribution in [3.8, 4) is 0 Å². The highest BCUT2D eigenvalue weighted by Gasteiger charge is 2.34. The number of halogens is 1. The quantitative estimate of drug-likeness (QED) is 0.691. The number of aromatic amines is 1. The van der Waals surface area contributed by atoms with E-state index in [9.17, 15) is 14.0 Å². The summed E-state index contributed by atoms with van der Waals surface area (Å²) in [4.78, 5) is 29.6. The van der Waals surface area contributed by atoms with Crippen LogP contribution in [0, 0.1) is 11.7 Å². The summed E-state index contributed by atoms with van der Waals surface area (Å²) in [5.74, 6) is -0.768. The van der Waals surface area contributed by atoms with Gasteiger partial charge in [0.2, 0.25) is 11.8 Å². The molecule has 1 aliphatic heterocycles. The van der Waals surface area contributed by atoms with Gasteiger partial charge >= 0.3 is 0 Å². The second-order valence-corrected chi connectivity index (χ2v) is 7.20. The number of fused-ring (bicyclic) bond motifs is 1. The summed E-state index contributed by atoms with van der Waals surface area (Å²) in [6.45, 7) is 1.33. The third kappa shape index (κ3) is 3.91. The molecule has 2 amide bonds. The van der Waals surface area contributed by atoms with Gasteiger partial charge in [0.15, 0.2) is 0 Å². The highest BCUT2D eigenvalue weighted by atomic mass is 19.1. The molecule has 2 aromatic carbocycles. The number of benzene rings is 2. The van der Waals surface area contributed by atoms with Crippen molar-refractivity contribution >= 4 is 22.7 Å². The van der Waals surface area contributed by atoms with Gasteiger partial charge in [-0.05, 0) is 35.7 Å². The molecule has 1 saturated heterocycles. The number of aromatic nitrogens is 1. The van der Waals surface area contributed by atoms with E-state index in [2.05, 4.69) is 16.4 Å². The fraction of sp³-hybridized carbons (Fsp3) is 0.273. The molecule has 1 aliphatic rings. The number of carbonyl (C=O) groups excluding carboxylic acids is 2. The molecule has 28 heavy (non-hydrogen) atoms. The lowest BCUT2D eigenvalue weighted by Crippen LogP contribution is -2.34. The van der Waals surface area contributed by atoms with Gasteiger partial charge in [0, 0.05) is 43.2 Å². The van der Waals surface area contributed by atoms with Gasteiger partial charge in [0.05, 0.1) is 5.92 Å². The van der Waals surface area contributed by atoms with Crippen LogP contribution < -0.4 is 5.32 Å². The second-order valence-electron chi connectivity index (χ2n) is 7.20. The second kappa shape index (κ2) is 7.84. The first-order valence-electron chi connectivity index (χ1n) is 9.45. The zero-order valence-corrected chi connectivity index (χ0v) is 15.5. The number of hydrogen-bond donors (Lipinski definition) is 2. The normalized spacial score (nSPS) is 16.7. The minimum atomic E-state index is -0.337. The number of rotatable bonds is 6. The molecule has 3 aromatic rings. The van der Waals surface area contributed by atoms with E-state index in [1.165, 1.54) is 17.5 Å². The molecule has 1 fully saturated rings. The Morgan fingerprint density at radius 3 is 2.79 bits per heavy atom. The molecule has 144 valence electrons.